The number of hydrogen-bond donors (Lipinski definition) is 1. The van der Waals surface area contributed by atoms with Crippen LogP contribution in [-0.2, 0) is 6.54 Å². The maximum Gasteiger partial charge on any atom is 0.0794 e. The minimum absolute atomic E-state index is 0.109. The molecule has 14 heavy (non-hydrogen) atoms. The van der Waals surface area contributed by atoms with Crippen molar-refractivity contribution in [2.24, 2.45) is 0 Å². The molecule has 2 nitrogen and oxygen atoms in total. The van der Waals surface area contributed by atoms with E-state index in [1.165, 1.54) is 11.1 Å². The van der Waals surface area contributed by atoms with E-state index >= 15 is 0 Å². The highest BCUT2D eigenvalue weighted by atomic mass is 79.9. The number of hydrogen-bond acceptors (Lipinski definition) is 2. The predicted molar refractivity (Wildman–Crippen MR) is 60.2 cm³/mol. The molecule has 1 aliphatic rings. The van der Waals surface area contributed by atoms with Crippen LogP contribution in [0, 0.1) is 6.92 Å². The van der Waals surface area contributed by atoms with Crippen LogP contribution in [0.25, 0.3) is 0 Å². The summed E-state index contributed by atoms with van der Waals surface area (Å²) in [6, 6.07) is 6.33. The van der Waals surface area contributed by atoms with Crippen molar-refractivity contribution in [1.82, 2.24) is 4.90 Å². The Morgan fingerprint density at radius 2 is 2.21 bits per heavy atom. The summed E-state index contributed by atoms with van der Waals surface area (Å²) in [6.45, 7) is 4.69. The topological polar surface area (TPSA) is 23.5 Å². The van der Waals surface area contributed by atoms with Gasteiger partial charge in [0.2, 0.25) is 0 Å². The zero-order valence-electron chi connectivity index (χ0n) is 8.20. The van der Waals surface area contributed by atoms with Gasteiger partial charge in [0.1, 0.15) is 0 Å². The van der Waals surface area contributed by atoms with Crippen LogP contribution < -0.4 is 0 Å². The number of likely N-dealkylation sites (tertiary alicyclic amines) is 1. The summed E-state index contributed by atoms with van der Waals surface area (Å²) < 4.78 is 1.12. The monoisotopic (exact) mass is 255 g/mol. The van der Waals surface area contributed by atoms with Crippen molar-refractivity contribution < 1.29 is 5.11 Å². The molecule has 1 aromatic rings. The molecular weight excluding hydrogens is 242 g/mol. The number of halogens is 1. The Kier molecular flexibility index (Phi) is 2.91. The minimum atomic E-state index is -0.109. The molecule has 1 fully saturated rings. The van der Waals surface area contributed by atoms with Crippen LogP contribution >= 0.6 is 15.9 Å². The van der Waals surface area contributed by atoms with Gasteiger partial charge < -0.3 is 5.11 Å². The highest BCUT2D eigenvalue weighted by Gasteiger charge is 2.24. The van der Waals surface area contributed by atoms with E-state index in [4.69, 9.17) is 5.11 Å². The van der Waals surface area contributed by atoms with E-state index in [-0.39, 0.29) is 6.10 Å². The van der Waals surface area contributed by atoms with Crippen LogP contribution in [0.1, 0.15) is 11.1 Å². The van der Waals surface area contributed by atoms with Gasteiger partial charge in [-0.05, 0) is 30.2 Å². The average molecular weight is 256 g/mol. The molecule has 0 aromatic heterocycles. The molecule has 3 heteroatoms. The van der Waals surface area contributed by atoms with E-state index in [1.54, 1.807) is 0 Å². The first kappa shape index (κ1) is 10.1. The fourth-order valence-electron chi connectivity index (χ4n) is 1.72. The highest BCUT2D eigenvalue weighted by molar-refractivity contribution is 9.10. The Morgan fingerprint density at radius 3 is 2.86 bits per heavy atom. The third-order valence-electron chi connectivity index (χ3n) is 2.64. The number of aliphatic hydroxyl groups is 1. The molecule has 0 amide bonds. The predicted octanol–water partition coefficient (Wildman–Crippen LogP) is 1.93. The zero-order valence-corrected chi connectivity index (χ0v) is 9.79. The van der Waals surface area contributed by atoms with Gasteiger partial charge in [-0.15, -0.1) is 0 Å². The van der Waals surface area contributed by atoms with Gasteiger partial charge in [-0.25, -0.2) is 0 Å². The Morgan fingerprint density at radius 1 is 1.50 bits per heavy atom. The standard InChI is InChI=1S/C11H14BrNO/c1-8-2-3-10(12)4-9(8)5-13-6-11(14)7-13/h2-4,11,14H,5-7H2,1H3. The molecule has 1 N–H and O–H groups in total. The molecule has 0 aliphatic carbocycles. The molecule has 0 spiro atoms. The lowest BCUT2D eigenvalue weighted by Gasteiger charge is -2.36. The number of β-amino-alcohol motifs (C(OH)–C–C–N with tert-alkyl or cyclic N) is 1. The second kappa shape index (κ2) is 4.01. The Bertz CT molecular complexity index is 334. The van der Waals surface area contributed by atoms with Gasteiger partial charge in [0.25, 0.3) is 0 Å². The Labute approximate surface area is 92.7 Å². The zero-order chi connectivity index (χ0) is 10.1. The molecule has 1 heterocycles. The van der Waals surface area contributed by atoms with Crippen LogP contribution in [-0.4, -0.2) is 29.2 Å². The van der Waals surface area contributed by atoms with Gasteiger partial charge in [-0.1, -0.05) is 22.0 Å². The van der Waals surface area contributed by atoms with E-state index < -0.39 is 0 Å². The van der Waals surface area contributed by atoms with Crippen molar-refractivity contribution in [1.29, 1.82) is 0 Å². The smallest absolute Gasteiger partial charge is 0.0794 e. The first-order valence-corrected chi connectivity index (χ1v) is 5.60. The maximum atomic E-state index is 9.17. The third-order valence-corrected chi connectivity index (χ3v) is 3.14. The third kappa shape index (κ3) is 2.16. The molecule has 1 aromatic carbocycles. The van der Waals surface area contributed by atoms with Crippen molar-refractivity contribution in [2.45, 2.75) is 19.6 Å². The summed E-state index contributed by atoms with van der Waals surface area (Å²) in [6.07, 6.45) is -0.109. The number of aliphatic hydroxyl groups excluding tert-OH is 1. The minimum Gasteiger partial charge on any atom is -0.390 e. The van der Waals surface area contributed by atoms with Gasteiger partial charge >= 0.3 is 0 Å². The van der Waals surface area contributed by atoms with Gasteiger partial charge in [-0.3, -0.25) is 4.90 Å². The molecule has 0 bridgehead atoms. The second-order valence-corrected chi connectivity index (χ2v) is 4.83. The normalized spacial score (nSPS) is 18.2. The fourth-order valence-corrected chi connectivity index (χ4v) is 2.13. The molecular formula is C11H14BrNO. The highest BCUT2D eigenvalue weighted by Crippen LogP contribution is 2.20. The molecule has 2 rings (SSSR count). The van der Waals surface area contributed by atoms with Gasteiger partial charge in [0, 0.05) is 24.1 Å². The quantitative estimate of drug-likeness (QED) is 0.874. The summed E-state index contributed by atoms with van der Waals surface area (Å²) in [5.74, 6) is 0. The number of nitrogens with zero attached hydrogens (tertiary/aromatic N) is 1. The summed E-state index contributed by atoms with van der Waals surface area (Å²) >= 11 is 3.47. The van der Waals surface area contributed by atoms with Crippen molar-refractivity contribution in [2.75, 3.05) is 13.1 Å². The molecule has 0 unspecified atom stereocenters. The van der Waals surface area contributed by atoms with E-state index in [9.17, 15) is 0 Å². The van der Waals surface area contributed by atoms with Crippen LogP contribution in [0.4, 0.5) is 0 Å². The largest absolute Gasteiger partial charge is 0.390 e. The van der Waals surface area contributed by atoms with Gasteiger partial charge in [0.15, 0.2) is 0 Å². The average Bonchev–Trinajstić information content (AvgIpc) is 2.09. The van der Waals surface area contributed by atoms with Crippen LogP contribution in [0.2, 0.25) is 0 Å². The first-order valence-electron chi connectivity index (χ1n) is 4.80. The van der Waals surface area contributed by atoms with Crippen molar-refractivity contribution >= 4 is 15.9 Å². The van der Waals surface area contributed by atoms with E-state index in [0.717, 1.165) is 24.1 Å². The maximum absolute atomic E-state index is 9.17. The fraction of sp³-hybridized carbons (Fsp3) is 0.455. The lowest BCUT2D eigenvalue weighted by atomic mass is 10.1. The van der Waals surface area contributed by atoms with E-state index in [2.05, 4.69) is 46.0 Å². The van der Waals surface area contributed by atoms with Crippen molar-refractivity contribution in [3.05, 3.63) is 33.8 Å². The van der Waals surface area contributed by atoms with E-state index in [0.29, 0.717) is 0 Å². The molecule has 1 saturated heterocycles. The summed E-state index contributed by atoms with van der Waals surface area (Å²) in [7, 11) is 0. The van der Waals surface area contributed by atoms with Crippen LogP contribution in [0.5, 0.6) is 0 Å². The molecule has 0 atom stereocenters. The number of benzene rings is 1. The second-order valence-electron chi connectivity index (χ2n) is 3.92. The van der Waals surface area contributed by atoms with Crippen molar-refractivity contribution in [3.8, 4) is 0 Å². The number of rotatable bonds is 2. The van der Waals surface area contributed by atoms with Gasteiger partial charge in [-0.2, -0.15) is 0 Å². The summed E-state index contributed by atoms with van der Waals surface area (Å²) in [5, 5.41) is 9.17. The summed E-state index contributed by atoms with van der Waals surface area (Å²) in [5.41, 5.74) is 2.65. The SMILES string of the molecule is Cc1ccc(Br)cc1CN1CC(O)C1. The molecule has 76 valence electrons. The van der Waals surface area contributed by atoms with Crippen LogP contribution in [0.3, 0.4) is 0 Å². The molecule has 0 saturated carbocycles. The molecule has 0 radical (unpaired) electrons. The Balaban J connectivity index is 2.05. The number of aryl methyl sites for hydroxylation is 1. The molecule has 1 aliphatic heterocycles. The summed E-state index contributed by atoms with van der Waals surface area (Å²) in [4.78, 5) is 2.25. The first-order chi connectivity index (χ1) is 6.65. The van der Waals surface area contributed by atoms with Crippen LogP contribution in [0.15, 0.2) is 22.7 Å². The van der Waals surface area contributed by atoms with E-state index in [1.807, 2.05) is 0 Å². The lowest BCUT2D eigenvalue weighted by molar-refractivity contribution is -0.00297. The van der Waals surface area contributed by atoms with Gasteiger partial charge in [0.05, 0.1) is 6.10 Å². The van der Waals surface area contributed by atoms with Crippen molar-refractivity contribution in [3.63, 3.8) is 0 Å². The lowest BCUT2D eigenvalue weighted by Crippen LogP contribution is -2.49. The Hall–Kier alpha value is -0.380.